The summed E-state index contributed by atoms with van der Waals surface area (Å²) in [6.07, 6.45) is 3.07. The van der Waals surface area contributed by atoms with Crippen LogP contribution in [0, 0.1) is 0 Å². The number of halogens is 6. The molecule has 0 radical (unpaired) electrons. The van der Waals surface area contributed by atoms with Gasteiger partial charge in [-0.25, -0.2) is 9.98 Å². The Hall–Kier alpha value is -0.681. The summed E-state index contributed by atoms with van der Waals surface area (Å²) in [4.78, 5) is 8.53. The van der Waals surface area contributed by atoms with Crippen LogP contribution in [0.15, 0.2) is 62.9 Å². The van der Waals surface area contributed by atoms with Gasteiger partial charge in [-0.3, -0.25) is 0 Å². The summed E-state index contributed by atoms with van der Waals surface area (Å²) in [6.45, 7) is 0. The van der Waals surface area contributed by atoms with Crippen molar-refractivity contribution >= 4 is 90.4 Å². The fraction of sp³-hybridized carbons (Fsp3) is 0. The first-order valence-electron chi connectivity index (χ1n) is 7.37. The molecule has 0 saturated heterocycles. The zero-order chi connectivity index (χ0) is 20.5. The number of hydrogen-bond donors (Lipinski definition) is 0. The van der Waals surface area contributed by atoms with Gasteiger partial charge in [-0.1, -0.05) is 58.5 Å². The molecule has 1 aromatic heterocycles. The third-order valence-electron chi connectivity index (χ3n) is 3.16. The van der Waals surface area contributed by atoms with Gasteiger partial charge in [0.05, 0.1) is 32.5 Å². The zero-order valence-electron chi connectivity index (χ0n) is 13.7. The van der Waals surface area contributed by atoms with Crippen LogP contribution in [0.25, 0.3) is 0 Å². The molecule has 148 valence electrons. The molecule has 0 aliphatic carbocycles. The molecule has 0 amide bonds. The van der Waals surface area contributed by atoms with Gasteiger partial charge in [-0.2, -0.15) is 0 Å². The number of furan rings is 1. The van der Waals surface area contributed by atoms with Crippen LogP contribution < -0.4 is 0 Å². The molecule has 0 aliphatic rings. The number of hydrogen-bond acceptors (Lipinski definition) is 3. The summed E-state index contributed by atoms with van der Waals surface area (Å²) >= 11 is 24.5. The van der Waals surface area contributed by atoms with Crippen molar-refractivity contribution in [3.8, 4) is 0 Å². The average Bonchev–Trinajstić information content (AvgIpc) is 3.09. The fourth-order valence-corrected chi connectivity index (χ4v) is 2.98. The van der Waals surface area contributed by atoms with Gasteiger partial charge in [0.15, 0.2) is 0 Å². The molecule has 0 N–H and O–H groups in total. The van der Waals surface area contributed by atoms with Gasteiger partial charge in [-0.05, 0) is 36.4 Å². The van der Waals surface area contributed by atoms with Crippen LogP contribution in [0.2, 0.25) is 20.1 Å². The van der Waals surface area contributed by atoms with E-state index in [2.05, 4.69) is 9.98 Å². The predicted octanol–water partition coefficient (Wildman–Crippen LogP) is 8.77. The number of nitrogens with zero attached hydrogens (tertiary/aromatic N) is 2. The van der Waals surface area contributed by atoms with Crippen LogP contribution in [-0.2, 0) is 13.1 Å². The van der Waals surface area contributed by atoms with Gasteiger partial charge in [-0.15, -0.1) is 0 Å². The minimum atomic E-state index is 0.194. The molecule has 0 fully saturated rings. The van der Waals surface area contributed by atoms with Crippen molar-refractivity contribution in [3.05, 3.63) is 80.1 Å². The van der Waals surface area contributed by atoms with E-state index in [1.807, 2.05) is 0 Å². The SMILES string of the molecule is Clc1cccc(Cl)c1N=Cc1ccc(C=Nc2c(Cl)cccc2Cl)o1.[Cl][Fe][Cl]. The predicted molar refractivity (Wildman–Crippen MR) is 118 cm³/mol. The van der Waals surface area contributed by atoms with Crippen molar-refractivity contribution in [3.63, 3.8) is 0 Å². The Morgan fingerprint density at radius 3 is 1.29 bits per heavy atom. The van der Waals surface area contributed by atoms with Crippen LogP contribution in [0.3, 0.4) is 0 Å². The molecular weight excluding hydrogens is 529 g/mol. The van der Waals surface area contributed by atoms with Crippen molar-refractivity contribution in [1.82, 2.24) is 0 Å². The van der Waals surface area contributed by atoms with Crippen molar-refractivity contribution in [2.45, 2.75) is 0 Å². The molecule has 3 nitrogen and oxygen atoms in total. The van der Waals surface area contributed by atoms with Gasteiger partial charge in [0.25, 0.3) is 0 Å². The summed E-state index contributed by atoms with van der Waals surface area (Å²) < 4.78 is 5.62. The fourth-order valence-electron chi connectivity index (χ4n) is 1.99. The van der Waals surface area contributed by atoms with E-state index in [4.69, 9.17) is 71.0 Å². The van der Waals surface area contributed by atoms with Crippen LogP contribution in [0.1, 0.15) is 11.5 Å². The molecule has 10 heteroatoms. The van der Waals surface area contributed by atoms with Gasteiger partial charge in [0, 0.05) is 0 Å². The Labute approximate surface area is 196 Å². The van der Waals surface area contributed by atoms with E-state index in [-0.39, 0.29) is 13.1 Å². The van der Waals surface area contributed by atoms with Gasteiger partial charge in [0.1, 0.15) is 22.9 Å². The molecule has 0 saturated carbocycles. The van der Waals surface area contributed by atoms with Crippen LogP contribution >= 0.6 is 66.6 Å². The van der Waals surface area contributed by atoms with Crippen molar-refractivity contribution < 1.29 is 17.6 Å². The first-order chi connectivity index (χ1) is 13.5. The molecule has 0 aliphatic heterocycles. The van der Waals surface area contributed by atoms with E-state index in [1.165, 1.54) is 12.4 Å². The monoisotopic (exact) mass is 536 g/mol. The van der Waals surface area contributed by atoms with Gasteiger partial charge in [0.2, 0.25) is 0 Å². The molecule has 0 unspecified atom stereocenters. The van der Waals surface area contributed by atoms with E-state index >= 15 is 0 Å². The number of aliphatic imine (C=N–C) groups is 2. The maximum atomic E-state index is 6.07. The van der Waals surface area contributed by atoms with E-state index in [0.717, 1.165) is 0 Å². The van der Waals surface area contributed by atoms with Crippen LogP contribution in [0.5, 0.6) is 0 Å². The van der Waals surface area contributed by atoms with Crippen LogP contribution in [-0.4, -0.2) is 12.4 Å². The van der Waals surface area contributed by atoms with E-state index in [1.54, 1.807) is 48.5 Å². The molecule has 28 heavy (non-hydrogen) atoms. The van der Waals surface area contributed by atoms with Crippen LogP contribution in [0.4, 0.5) is 11.4 Å². The summed E-state index contributed by atoms with van der Waals surface area (Å²) in [7, 11) is 9.53. The Bertz CT molecular complexity index is 873. The zero-order valence-corrected chi connectivity index (χ0v) is 19.3. The van der Waals surface area contributed by atoms with E-state index in [9.17, 15) is 0 Å². The Morgan fingerprint density at radius 2 is 0.964 bits per heavy atom. The Morgan fingerprint density at radius 1 is 0.643 bits per heavy atom. The molecule has 0 atom stereocenters. The number of benzene rings is 2. The summed E-state index contributed by atoms with van der Waals surface area (Å²) in [5, 5.41) is 1.85. The molecule has 2 aromatic carbocycles. The standard InChI is InChI=1S/C18H10Cl4N2O.2ClH.Fe/c19-13-3-1-4-14(20)17(13)23-9-11-7-8-12(25-11)10-24-18-15(21)5-2-6-16(18)22;;;/h1-10H;2*1H;/q;;;+2/p-2. The van der Waals surface area contributed by atoms with Crippen molar-refractivity contribution in [1.29, 1.82) is 0 Å². The molecule has 1 heterocycles. The molecule has 3 rings (SSSR count). The van der Waals surface area contributed by atoms with Gasteiger partial charge < -0.3 is 4.42 Å². The molecule has 0 bridgehead atoms. The number of para-hydroxylation sites is 2. The normalized spacial score (nSPS) is 11.2. The Kier molecular flexibility index (Phi) is 10.2. The Balaban J connectivity index is 0.000000878. The first-order valence-corrected chi connectivity index (χ1v) is 11.9. The third kappa shape index (κ3) is 6.98. The summed E-state index contributed by atoms with van der Waals surface area (Å²) in [5.74, 6) is 1.06. The van der Waals surface area contributed by atoms with E-state index in [0.29, 0.717) is 43.0 Å². The van der Waals surface area contributed by atoms with Crippen molar-refractivity contribution in [2.24, 2.45) is 9.98 Å². The topological polar surface area (TPSA) is 37.9 Å². The number of rotatable bonds is 4. The second-order valence-corrected chi connectivity index (χ2v) is 8.40. The molecule has 3 aromatic rings. The van der Waals surface area contributed by atoms with Gasteiger partial charge >= 0.3 is 33.3 Å². The van der Waals surface area contributed by atoms with E-state index < -0.39 is 0 Å². The first kappa shape index (κ1) is 23.6. The minimum absolute atomic E-state index is 0.194. The van der Waals surface area contributed by atoms with Crippen molar-refractivity contribution in [2.75, 3.05) is 0 Å². The maximum absolute atomic E-state index is 6.07. The average molecular weight is 539 g/mol. The molecule has 0 spiro atoms. The third-order valence-corrected chi connectivity index (χ3v) is 4.38. The second kappa shape index (κ2) is 12.1. The second-order valence-electron chi connectivity index (χ2n) is 4.95. The quantitative estimate of drug-likeness (QED) is 0.242. The molecular formula is C18H10Cl6FeN2O. The summed E-state index contributed by atoms with van der Waals surface area (Å²) in [5.41, 5.74) is 0.973. The summed E-state index contributed by atoms with van der Waals surface area (Å²) in [6, 6.07) is 13.9.